The van der Waals surface area contributed by atoms with E-state index in [1.54, 1.807) is 11.3 Å². The van der Waals surface area contributed by atoms with Gasteiger partial charge in [-0.15, -0.1) is 11.3 Å². The fraction of sp³-hybridized carbons (Fsp3) is 0. The van der Waals surface area contributed by atoms with E-state index in [-0.39, 0.29) is 0 Å². The van der Waals surface area contributed by atoms with E-state index in [1.165, 1.54) is 64.0 Å². The summed E-state index contributed by atoms with van der Waals surface area (Å²) in [6.07, 6.45) is 0. The average molecular weight is 744 g/mol. The van der Waals surface area contributed by atoms with Crippen molar-refractivity contribution < 1.29 is 0 Å². The summed E-state index contributed by atoms with van der Waals surface area (Å²) in [4.78, 5) is 16.0. The summed E-state index contributed by atoms with van der Waals surface area (Å²) in [5.74, 6) is 1.93. The largest absolute Gasteiger partial charge is 0.208 e. The molecule has 0 unspecified atom stereocenters. The second kappa shape index (κ2) is 13.8. The third-order valence-corrected chi connectivity index (χ3v) is 12.2. The molecular formula is C53H33N3S. The molecule has 0 spiro atoms. The van der Waals surface area contributed by atoms with Crippen molar-refractivity contribution >= 4 is 53.1 Å². The van der Waals surface area contributed by atoms with Crippen molar-refractivity contribution in [3.8, 4) is 67.5 Å². The number of rotatable bonds is 6. The van der Waals surface area contributed by atoms with Gasteiger partial charge >= 0.3 is 0 Å². The molecule has 0 bridgehead atoms. The quantitative estimate of drug-likeness (QED) is 0.159. The summed E-state index contributed by atoms with van der Waals surface area (Å²) in [6.45, 7) is 0. The Labute approximate surface area is 334 Å². The molecule has 266 valence electrons. The van der Waals surface area contributed by atoms with Gasteiger partial charge in [0, 0.05) is 36.9 Å². The summed E-state index contributed by atoms with van der Waals surface area (Å²) >= 11 is 1.79. The Morgan fingerprint density at radius 2 is 0.702 bits per heavy atom. The first-order chi connectivity index (χ1) is 28.3. The van der Waals surface area contributed by atoms with Gasteiger partial charge in [0.2, 0.25) is 0 Å². The first-order valence-electron chi connectivity index (χ1n) is 19.2. The van der Waals surface area contributed by atoms with Crippen LogP contribution in [0.2, 0.25) is 0 Å². The molecule has 3 nitrogen and oxygen atoms in total. The number of fused-ring (bicyclic) bond motifs is 5. The zero-order chi connectivity index (χ0) is 37.7. The first kappa shape index (κ1) is 33.1. The molecule has 11 rings (SSSR count). The number of aromatic nitrogens is 3. The lowest BCUT2D eigenvalue weighted by molar-refractivity contribution is 1.08. The first-order valence-corrected chi connectivity index (χ1v) is 20.0. The van der Waals surface area contributed by atoms with Crippen molar-refractivity contribution in [2.24, 2.45) is 0 Å². The van der Waals surface area contributed by atoms with Gasteiger partial charge in [0.15, 0.2) is 17.5 Å². The van der Waals surface area contributed by atoms with E-state index in [2.05, 4.69) is 194 Å². The van der Waals surface area contributed by atoms with Gasteiger partial charge in [-0.3, -0.25) is 0 Å². The summed E-state index contributed by atoms with van der Waals surface area (Å²) < 4.78 is 2.41. The van der Waals surface area contributed by atoms with Crippen LogP contribution in [0.25, 0.3) is 109 Å². The Hall–Kier alpha value is -7.27. The highest BCUT2D eigenvalue weighted by atomic mass is 32.1. The molecule has 0 aliphatic rings. The summed E-state index contributed by atoms with van der Waals surface area (Å²) in [7, 11) is 0. The van der Waals surface area contributed by atoms with Gasteiger partial charge in [-0.1, -0.05) is 188 Å². The maximum absolute atomic E-state index is 5.38. The molecule has 0 amide bonds. The minimum atomic E-state index is 0.635. The molecule has 0 atom stereocenters. The Morgan fingerprint density at radius 1 is 0.263 bits per heavy atom. The molecule has 4 heteroatoms. The van der Waals surface area contributed by atoms with E-state index in [9.17, 15) is 0 Å². The standard InChI is InChI=1S/C53H33N3S/c1-3-16-34(17-4-1)35-30-32-37(33-31-35)51-54-52(56-53(55-51)46-28-15-27-44-38-20-13-14-29-47(38)57-50(44)46)45-26-12-11-25-43(45)49-41-23-9-7-21-39(41)48(36-18-5-2-6-19-36)40-22-8-10-24-42(40)49/h1-33H. The summed E-state index contributed by atoms with van der Waals surface area (Å²) in [5, 5.41) is 7.24. The van der Waals surface area contributed by atoms with Crippen LogP contribution >= 0.6 is 11.3 Å². The minimum absolute atomic E-state index is 0.635. The third kappa shape index (κ3) is 5.69. The molecule has 11 aromatic rings. The smallest absolute Gasteiger partial charge is 0.165 e. The van der Waals surface area contributed by atoms with Gasteiger partial charge < -0.3 is 0 Å². The van der Waals surface area contributed by atoms with Crippen LogP contribution < -0.4 is 0 Å². The van der Waals surface area contributed by atoms with Gasteiger partial charge in [-0.05, 0) is 67.1 Å². The lowest BCUT2D eigenvalue weighted by Crippen LogP contribution is -2.01. The van der Waals surface area contributed by atoms with E-state index in [0.717, 1.165) is 27.8 Å². The van der Waals surface area contributed by atoms with Gasteiger partial charge in [-0.25, -0.2) is 15.0 Å². The topological polar surface area (TPSA) is 38.7 Å². The van der Waals surface area contributed by atoms with Crippen molar-refractivity contribution in [2.45, 2.75) is 0 Å². The van der Waals surface area contributed by atoms with Gasteiger partial charge in [0.25, 0.3) is 0 Å². The molecule has 57 heavy (non-hydrogen) atoms. The third-order valence-electron chi connectivity index (χ3n) is 11.0. The fourth-order valence-electron chi connectivity index (χ4n) is 8.34. The van der Waals surface area contributed by atoms with Crippen LogP contribution in [0.4, 0.5) is 0 Å². The van der Waals surface area contributed by atoms with Crippen LogP contribution in [0.5, 0.6) is 0 Å². The molecule has 0 N–H and O–H groups in total. The van der Waals surface area contributed by atoms with Crippen molar-refractivity contribution in [2.75, 3.05) is 0 Å². The fourth-order valence-corrected chi connectivity index (χ4v) is 9.55. The van der Waals surface area contributed by atoms with Crippen molar-refractivity contribution in [3.05, 3.63) is 200 Å². The van der Waals surface area contributed by atoms with Crippen molar-refractivity contribution in [1.82, 2.24) is 15.0 Å². The summed E-state index contributed by atoms with van der Waals surface area (Å²) in [5.41, 5.74) is 9.88. The number of hydrogen-bond donors (Lipinski definition) is 0. The Morgan fingerprint density at radius 3 is 1.37 bits per heavy atom. The lowest BCUT2D eigenvalue weighted by atomic mass is 9.84. The molecule has 9 aromatic carbocycles. The minimum Gasteiger partial charge on any atom is -0.208 e. The molecular weight excluding hydrogens is 711 g/mol. The molecule has 2 aromatic heterocycles. The van der Waals surface area contributed by atoms with E-state index in [1.807, 2.05) is 6.07 Å². The zero-order valence-electron chi connectivity index (χ0n) is 30.8. The van der Waals surface area contributed by atoms with Crippen LogP contribution in [0.1, 0.15) is 0 Å². The second-order valence-electron chi connectivity index (χ2n) is 14.3. The Bertz CT molecular complexity index is 3220. The average Bonchev–Trinajstić information content (AvgIpc) is 3.68. The maximum Gasteiger partial charge on any atom is 0.165 e. The zero-order valence-corrected chi connectivity index (χ0v) is 31.6. The van der Waals surface area contributed by atoms with E-state index in [4.69, 9.17) is 15.0 Å². The molecule has 0 saturated heterocycles. The number of hydrogen-bond acceptors (Lipinski definition) is 4. The van der Waals surface area contributed by atoms with Crippen molar-refractivity contribution in [1.29, 1.82) is 0 Å². The van der Waals surface area contributed by atoms with Crippen LogP contribution in [-0.2, 0) is 0 Å². The van der Waals surface area contributed by atoms with Crippen LogP contribution in [-0.4, -0.2) is 15.0 Å². The van der Waals surface area contributed by atoms with Crippen LogP contribution in [0.3, 0.4) is 0 Å². The predicted octanol–water partition coefficient (Wildman–Crippen LogP) is 14.5. The SMILES string of the molecule is c1ccc(-c2ccc(-c3nc(-c4ccccc4-c4c5ccccc5c(-c5ccccc5)c5ccccc45)nc(-c4cccc5c4sc4ccccc45)n3)cc2)cc1. The molecule has 0 saturated carbocycles. The van der Waals surface area contributed by atoms with Crippen molar-refractivity contribution in [3.63, 3.8) is 0 Å². The molecule has 0 aliphatic heterocycles. The highest BCUT2D eigenvalue weighted by Crippen LogP contribution is 2.46. The second-order valence-corrected chi connectivity index (χ2v) is 15.3. The number of thiophene rings is 1. The Balaban J connectivity index is 1.17. The normalized spacial score (nSPS) is 11.5. The van der Waals surface area contributed by atoms with E-state index >= 15 is 0 Å². The number of benzene rings is 9. The molecule has 0 radical (unpaired) electrons. The van der Waals surface area contributed by atoms with Gasteiger partial charge in [-0.2, -0.15) is 0 Å². The highest BCUT2D eigenvalue weighted by Gasteiger charge is 2.22. The van der Waals surface area contributed by atoms with Crippen LogP contribution in [0, 0.1) is 0 Å². The lowest BCUT2D eigenvalue weighted by Gasteiger charge is -2.19. The number of nitrogens with zero attached hydrogens (tertiary/aromatic N) is 3. The predicted molar refractivity (Wildman–Crippen MR) is 240 cm³/mol. The molecule has 0 fully saturated rings. The van der Waals surface area contributed by atoms with E-state index < -0.39 is 0 Å². The van der Waals surface area contributed by atoms with Crippen LogP contribution in [0.15, 0.2) is 200 Å². The molecule has 0 aliphatic carbocycles. The summed E-state index contributed by atoms with van der Waals surface area (Å²) in [6, 6.07) is 71.0. The van der Waals surface area contributed by atoms with Gasteiger partial charge in [0.1, 0.15) is 0 Å². The maximum atomic E-state index is 5.38. The Kier molecular flexibility index (Phi) is 8.01. The highest BCUT2D eigenvalue weighted by molar-refractivity contribution is 7.26. The van der Waals surface area contributed by atoms with Gasteiger partial charge in [0.05, 0.1) is 0 Å². The monoisotopic (exact) mass is 743 g/mol. The van der Waals surface area contributed by atoms with E-state index in [0.29, 0.717) is 17.5 Å². The molecule has 2 heterocycles.